The maximum absolute atomic E-state index is 12.5. The summed E-state index contributed by atoms with van der Waals surface area (Å²) < 4.78 is 5.02. The van der Waals surface area contributed by atoms with Crippen molar-refractivity contribution in [3.63, 3.8) is 0 Å². The molecule has 0 atom stereocenters. The zero-order valence-electron chi connectivity index (χ0n) is 14.7. The minimum atomic E-state index is -1.09. The number of nitrogens with zero attached hydrogens (tertiary/aromatic N) is 3. The number of urea groups is 1. The number of ether oxygens (including phenoxy) is 1. The highest BCUT2D eigenvalue weighted by atomic mass is 16.5. The largest absolute Gasteiger partial charge is 0.497 e. The molecule has 9 nitrogen and oxygen atoms in total. The summed E-state index contributed by atoms with van der Waals surface area (Å²) >= 11 is 0. The molecule has 0 spiro atoms. The van der Waals surface area contributed by atoms with Gasteiger partial charge in [0.05, 0.1) is 24.4 Å². The van der Waals surface area contributed by atoms with Gasteiger partial charge in [-0.3, -0.25) is 14.4 Å². The van der Waals surface area contributed by atoms with Gasteiger partial charge >= 0.3 is 17.8 Å². The number of anilines is 2. The summed E-state index contributed by atoms with van der Waals surface area (Å²) in [5.41, 5.74) is 1.00. The lowest BCUT2D eigenvalue weighted by atomic mass is 10.2. The van der Waals surface area contributed by atoms with Crippen molar-refractivity contribution in [3.8, 4) is 11.8 Å². The normalized spacial score (nSPS) is 13.5. The fourth-order valence-electron chi connectivity index (χ4n) is 2.58. The Morgan fingerprint density at radius 2 is 1.68 bits per heavy atom. The Bertz CT molecular complexity index is 992. The average Bonchev–Trinajstić information content (AvgIpc) is 2.92. The molecule has 0 saturated carbocycles. The molecule has 0 radical (unpaired) electrons. The summed E-state index contributed by atoms with van der Waals surface area (Å²) in [5, 5.41) is 11.3. The van der Waals surface area contributed by atoms with Crippen LogP contribution in [0.5, 0.6) is 5.75 Å². The van der Waals surface area contributed by atoms with E-state index < -0.39 is 30.3 Å². The zero-order chi connectivity index (χ0) is 20.3. The van der Waals surface area contributed by atoms with Gasteiger partial charge < -0.3 is 10.1 Å². The molecule has 1 N–H and O–H groups in total. The van der Waals surface area contributed by atoms with E-state index >= 15 is 0 Å². The van der Waals surface area contributed by atoms with Gasteiger partial charge in [0.1, 0.15) is 12.3 Å². The Balaban J connectivity index is 1.72. The van der Waals surface area contributed by atoms with Gasteiger partial charge in [0.25, 0.3) is 0 Å². The number of nitriles is 1. The Morgan fingerprint density at radius 3 is 2.25 bits per heavy atom. The standard InChI is InChI=1S/C19H14N4O5/c1-28-15-8-6-14(7-9-15)23-18(26)17(25)22(19(23)27)11-16(24)21-13-4-2-12(10-20)3-5-13/h2-9H,11H2,1H3,(H,21,24). The van der Waals surface area contributed by atoms with Gasteiger partial charge in [0.15, 0.2) is 0 Å². The van der Waals surface area contributed by atoms with Crippen LogP contribution < -0.4 is 15.0 Å². The highest BCUT2D eigenvalue weighted by molar-refractivity contribution is 6.53. The minimum absolute atomic E-state index is 0.194. The first-order valence-electron chi connectivity index (χ1n) is 8.08. The van der Waals surface area contributed by atoms with E-state index in [9.17, 15) is 19.2 Å². The topological polar surface area (TPSA) is 120 Å². The Morgan fingerprint density at radius 1 is 1.04 bits per heavy atom. The van der Waals surface area contributed by atoms with Crippen LogP contribution in [0.2, 0.25) is 0 Å². The molecular formula is C19H14N4O5. The summed E-state index contributed by atoms with van der Waals surface area (Å²) in [6.07, 6.45) is 0. The van der Waals surface area contributed by atoms with Crippen LogP contribution in [0, 0.1) is 11.3 Å². The van der Waals surface area contributed by atoms with Crippen LogP contribution in [0.3, 0.4) is 0 Å². The highest BCUT2D eigenvalue weighted by Crippen LogP contribution is 2.24. The van der Waals surface area contributed by atoms with E-state index in [0.29, 0.717) is 26.8 Å². The van der Waals surface area contributed by atoms with E-state index in [4.69, 9.17) is 10.00 Å². The smallest absolute Gasteiger partial charge is 0.339 e. The average molecular weight is 378 g/mol. The summed E-state index contributed by atoms with van der Waals surface area (Å²) in [4.78, 5) is 50.4. The molecule has 3 rings (SSSR count). The first kappa shape index (κ1) is 18.6. The SMILES string of the molecule is COc1ccc(N2C(=O)C(=O)N(CC(=O)Nc3ccc(C#N)cc3)C2=O)cc1. The van der Waals surface area contributed by atoms with Crippen molar-refractivity contribution in [1.82, 2.24) is 4.90 Å². The van der Waals surface area contributed by atoms with Crippen LogP contribution in [0.15, 0.2) is 48.5 Å². The number of rotatable bonds is 5. The second kappa shape index (κ2) is 7.59. The third kappa shape index (κ3) is 3.52. The van der Waals surface area contributed by atoms with E-state index in [1.54, 1.807) is 12.1 Å². The van der Waals surface area contributed by atoms with E-state index in [1.807, 2.05) is 6.07 Å². The maximum Gasteiger partial charge on any atom is 0.339 e. The van der Waals surface area contributed by atoms with Crippen molar-refractivity contribution in [3.05, 3.63) is 54.1 Å². The lowest BCUT2D eigenvalue weighted by Gasteiger charge is -2.15. The molecule has 0 aliphatic carbocycles. The van der Waals surface area contributed by atoms with Gasteiger partial charge in [0.2, 0.25) is 5.91 Å². The molecule has 28 heavy (non-hydrogen) atoms. The molecule has 1 aliphatic heterocycles. The molecule has 1 aliphatic rings. The van der Waals surface area contributed by atoms with Crippen LogP contribution in [0.4, 0.5) is 16.2 Å². The molecule has 2 aromatic carbocycles. The van der Waals surface area contributed by atoms with Crippen molar-refractivity contribution < 1.29 is 23.9 Å². The summed E-state index contributed by atoms with van der Waals surface area (Å²) in [6.45, 7) is -0.615. The summed E-state index contributed by atoms with van der Waals surface area (Å²) in [6, 6.07) is 13.1. The number of hydrogen-bond acceptors (Lipinski definition) is 6. The van der Waals surface area contributed by atoms with E-state index in [0.717, 1.165) is 0 Å². The number of amides is 5. The van der Waals surface area contributed by atoms with E-state index in [2.05, 4.69) is 5.32 Å². The van der Waals surface area contributed by atoms with E-state index in [-0.39, 0.29) is 5.69 Å². The molecule has 0 bridgehead atoms. The molecule has 0 unspecified atom stereocenters. The van der Waals surface area contributed by atoms with Crippen molar-refractivity contribution >= 4 is 35.1 Å². The fourth-order valence-corrected chi connectivity index (χ4v) is 2.58. The van der Waals surface area contributed by atoms with Gasteiger partial charge in [-0.2, -0.15) is 5.26 Å². The number of carbonyl (C=O) groups is 4. The first-order valence-corrected chi connectivity index (χ1v) is 8.08. The van der Waals surface area contributed by atoms with Crippen LogP contribution >= 0.6 is 0 Å². The predicted molar refractivity (Wildman–Crippen MR) is 97.4 cm³/mol. The molecule has 2 aromatic rings. The van der Waals surface area contributed by atoms with Gasteiger partial charge in [0, 0.05) is 5.69 Å². The number of carbonyl (C=O) groups excluding carboxylic acids is 4. The number of methoxy groups -OCH3 is 1. The quantitative estimate of drug-likeness (QED) is 0.622. The van der Waals surface area contributed by atoms with E-state index in [1.165, 1.54) is 43.5 Å². The molecule has 1 saturated heterocycles. The Labute approximate surface area is 159 Å². The fraction of sp³-hybridized carbons (Fsp3) is 0.105. The van der Waals surface area contributed by atoms with Crippen LogP contribution in [0.1, 0.15) is 5.56 Å². The minimum Gasteiger partial charge on any atom is -0.497 e. The zero-order valence-corrected chi connectivity index (χ0v) is 14.7. The lowest BCUT2D eigenvalue weighted by molar-refractivity contribution is -0.140. The molecule has 5 amide bonds. The van der Waals surface area contributed by atoms with Crippen molar-refractivity contribution in [2.75, 3.05) is 23.9 Å². The van der Waals surface area contributed by atoms with Crippen molar-refractivity contribution in [2.24, 2.45) is 0 Å². The number of benzene rings is 2. The number of imide groups is 2. The lowest BCUT2D eigenvalue weighted by Crippen LogP contribution is -2.39. The van der Waals surface area contributed by atoms with Crippen LogP contribution in [0.25, 0.3) is 0 Å². The molecule has 0 aromatic heterocycles. The second-order valence-corrected chi connectivity index (χ2v) is 5.75. The monoisotopic (exact) mass is 378 g/mol. The predicted octanol–water partition coefficient (Wildman–Crippen LogP) is 1.50. The highest BCUT2D eigenvalue weighted by Gasteiger charge is 2.46. The third-order valence-electron chi connectivity index (χ3n) is 3.98. The summed E-state index contributed by atoms with van der Waals surface area (Å²) in [7, 11) is 1.47. The Hall–Kier alpha value is -4.19. The van der Waals surface area contributed by atoms with Crippen LogP contribution in [-0.4, -0.2) is 42.3 Å². The van der Waals surface area contributed by atoms with Crippen LogP contribution in [-0.2, 0) is 14.4 Å². The number of hydrogen-bond donors (Lipinski definition) is 1. The van der Waals surface area contributed by atoms with Crippen molar-refractivity contribution in [2.45, 2.75) is 0 Å². The number of nitrogens with one attached hydrogen (secondary N) is 1. The Kier molecular flexibility index (Phi) is 5.04. The second-order valence-electron chi connectivity index (χ2n) is 5.75. The molecule has 9 heteroatoms. The van der Waals surface area contributed by atoms with Gasteiger partial charge in [-0.1, -0.05) is 0 Å². The first-order chi connectivity index (χ1) is 13.4. The molecular weight excluding hydrogens is 364 g/mol. The summed E-state index contributed by atoms with van der Waals surface area (Å²) in [5.74, 6) is -2.26. The molecule has 140 valence electrons. The van der Waals surface area contributed by atoms with Gasteiger partial charge in [-0.25, -0.2) is 14.6 Å². The third-order valence-corrected chi connectivity index (χ3v) is 3.98. The maximum atomic E-state index is 12.5. The molecule has 1 fully saturated rings. The molecule has 1 heterocycles. The van der Waals surface area contributed by atoms with Gasteiger partial charge in [-0.15, -0.1) is 0 Å². The van der Waals surface area contributed by atoms with Gasteiger partial charge in [-0.05, 0) is 48.5 Å². The van der Waals surface area contributed by atoms with Crippen molar-refractivity contribution in [1.29, 1.82) is 5.26 Å².